The summed E-state index contributed by atoms with van der Waals surface area (Å²) in [6.45, 7) is 2.25. The summed E-state index contributed by atoms with van der Waals surface area (Å²) in [4.78, 5) is 40.5. The van der Waals surface area contributed by atoms with Gasteiger partial charge in [0.15, 0.2) is 5.78 Å². The second-order valence-corrected chi connectivity index (χ2v) is 10.4. The van der Waals surface area contributed by atoms with Gasteiger partial charge in [0, 0.05) is 19.6 Å². The van der Waals surface area contributed by atoms with Gasteiger partial charge in [-0.05, 0) is 55.5 Å². The lowest BCUT2D eigenvalue weighted by Crippen LogP contribution is -2.31. The van der Waals surface area contributed by atoms with Crippen LogP contribution in [0.4, 0.5) is 4.39 Å². The van der Waals surface area contributed by atoms with Crippen LogP contribution in [0, 0.1) is 24.1 Å². The van der Waals surface area contributed by atoms with E-state index in [0.29, 0.717) is 27.8 Å². The van der Waals surface area contributed by atoms with Crippen molar-refractivity contribution in [2.45, 2.75) is 45.3 Å². The summed E-state index contributed by atoms with van der Waals surface area (Å²) in [6, 6.07) is 7.58. The van der Waals surface area contributed by atoms with E-state index in [-0.39, 0.29) is 60.4 Å². The van der Waals surface area contributed by atoms with E-state index in [2.05, 4.69) is 0 Å². The number of carbonyl (C=O) groups excluding carboxylic acids is 2. The van der Waals surface area contributed by atoms with E-state index >= 15 is 0 Å². The van der Waals surface area contributed by atoms with Crippen LogP contribution < -0.4 is 5.56 Å². The third-order valence-corrected chi connectivity index (χ3v) is 7.69. The van der Waals surface area contributed by atoms with Gasteiger partial charge in [0.1, 0.15) is 21.8 Å². The largest absolute Gasteiger partial charge is 0.494 e. The lowest BCUT2D eigenvalue weighted by Gasteiger charge is -2.18. The number of halogens is 1. The fraction of sp³-hybridized carbons (Fsp3) is 0.346. The molecule has 0 radical (unpaired) electrons. The summed E-state index contributed by atoms with van der Waals surface area (Å²) in [5.74, 6) is -1.60. The van der Waals surface area contributed by atoms with E-state index in [1.54, 1.807) is 18.2 Å². The Balaban J connectivity index is 1.47. The molecule has 1 aromatic heterocycles. The SMILES string of the molecule is Cc1c(C(=O)CCCN2C(=O)/C(=C/c3ccc(F)cc3)SC2=S)c(O)n(CC2CCCO2)c(=O)c1C#N. The molecule has 2 aliphatic heterocycles. The van der Waals surface area contributed by atoms with Crippen LogP contribution in [0.25, 0.3) is 6.08 Å². The number of nitrogens with zero attached hydrogens (tertiary/aromatic N) is 3. The van der Waals surface area contributed by atoms with Gasteiger partial charge >= 0.3 is 0 Å². The minimum atomic E-state index is -0.657. The Morgan fingerprint density at radius 3 is 2.73 bits per heavy atom. The number of thiocarbonyl (C=S) groups is 1. The van der Waals surface area contributed by atoms with Gasteiger partial charge in [0.2, 0.25) is 5.88 Å². The minimum Gasteiger partial charge on any atom is -0.494 e. The molecule has 1 unspecified atom stereocenters. The van der Waals surface area contributed by atoms with Crippen molar-refractivity contribution in [2.75, 3.05) is 13.2 Å². The molecule has 2 saturated heterocycles. The number of carbonyl (C=O) groups is 2. The number of aromatic hydroxyl groups is 1. The molecule has 1 atom stereocenters. The van der Waals surface area contributed by atoms with Crippen LogP contribution in [-0.4, -0.2) is 49.8 Å². The average molecular weight is 542 g/mol. The average Bonchev–Trinajstić information content (AvgIpc) is 3.47. The third-order valence-electron chi connectivity index (χ3n) is 6.32. The van der Waals surface area contributed by atoms with Crippen LogP contribution in [0.5, 0.6) is 5.88 Å². The number of hydrogen-bond acceptors (Lipinski definition) is 8. The number of rotatable bonds is 8. The molecule has 3 heterocycles. The molecule has 1 N–H and O–H groups in total. The highest BCUT2D eigenvalue weighted by Crippen LogP contribution is 2.33. The Morgan fingerprint density at radius 2 is 2.08 bits per heavy atom. The normalized spacial score (nSPS) is 18.6. The van der Waals surface area contributed by atoms with Gasteiger partial charge in [-0.3, -0.25) is 23.9 Å². The Kier molecular flexibility index (Phi) is 8.22. The molecule has 1 amide bonds. The molecule has 2 fully saturated rings. The standard InChI is InChI=1S/C26H24FN3O5S2/c1-15-19(13-28)23(32)30(14-18-4-3-11-35-18)25(34)22(15)20(31)5-2-10-29-24(33)21(37-26(29)36)12-16-6-8-17(27)9-7-16/h6-9,12,18,34H,2-5,10-11,14H2,1H3/b21-12-. The molecule has 1 aromatic carbocycles. The van der Waals surface area contributed by atoms with Gasteiger partial charge in [0.25, 0.3) is 11.5 Å². The quantitative estimate of drug-likeness (QED) is 0.304. The second kappa shape index (κ2) is 11.4. The number of nitriles is 1. The van der Waals surface area contributed by atoms with E-state index in [9.17, 15) is 29.1 Å². The monoisotopic (exact) mass is 541 g/mol. The lowest BCUT2D eigenvalue weighted by atomic mass is 9.99. The fourth-order valence-corrected chi connectivity index (χ4v) is 5.68. The summed E-state index contributed by atoms with van der Waals surface area (Å²) < 4.78 is 20.1. The summed E-state index contributed by atoms with van der Waals surface area (Å²) >= 11 is 6.46. The van der Waals surface area contributed by atoms with Crippen molar-refractivity contribution in [3.63, 3.8) is 0 Å². The van der Waals surface area contributed by atoms with Crippen molar-refractivity contribution in [3.8, 4) is 11.9 Å². The van der Waals surface area contributed by atoms with Crippen molar-refractivity contribution < 1.29 is 23.8 Å². The molecular weight excluding hydrogens is 517 g/mol. The highest BCUT2D eigenvalue weighted by atomic mass is 32.2. The van der Waals surface area contributed by atoms with Crippen molar-refractivity contribution in [1.29, 1.82) is 5.26 Å². The summed E-state index contributed by atoms with van der Waals surface area (Å²) in [5, 5.41) is 20.4. The Labute approximate surface area is 222 Å². The van der Waals surface area contributed by atoms with Gasteiger partial charge in [-0.25, -0.2) is 4.39 Å². The van der Waals surface area contributed by atoms with Crippen LogP contribution in [0.1, 0.15) is 52.7 Å². The molecule has 8 nitrogen and oxygen atoms in total. The molecule has 0 aliphatic carbocycles. The van der Waals surface area contributed by atoms with Crippen LogP contribution in [0.15, 0.2) is 34.0 Å². The molecular formula is C26H24FN3O5S2. The summed E-state index contributed by atoms with van der Waals surface area (Å²) in [7, 11) is 0. The van der Waals surface area contributed by atoms with E-state index < -0.39 is 17.2 Å². The molecule has 0 saturated carbocycles. The highest BCUT2D eigenvalue weighted by molar-refractivity contribution is 8.26. The zero-order valence-corrected chi connectivity index (χ0v) is 21.7. The van der Waals surface area contributed by atoms with Gasteiger partial charge in [-0.15, -0.1) is 0 Å². The van der Waals surface area contributed by atoms with E-state index in [0.717, 1.165) is 22.7 Å². The molecule has 192 valence electrons. The topological polar surface area (TPSA) is 113 Å². The number of ketones is 1. The number of ether oxygens (including phenoxy) is 1. The van der Waals surface area contributed by atoms with E-state index in [1.807, 2.05) is 6.07 Å². The lowest BCUT2D eigenvalue weighted by molar-refractivity contribution is -0.122. The number of benzene rings is 1. The molecule has 11 heteroatoms. The van der Waals surface area contributed by atoms with Crippen LogP contribution in [0.2, 0.25) is 0 Å². The first-order valence-corrected chi connectivity index (χ1v) is 13.0. The van der Waals surface area contributed by atoms with Gasteiger partial charge < -0.3 is 9.84 Å². The predicted molar refractivity (Wildman–Crippen MR) is 141 cm³/mol. The maximum atomic E-state index is 13.1. The van der Waals surface area contributed by atoms with Crippen LogP contribution in [0.3, 0.4) is 0 Å². The third kappa shape index (κ3) is 5.66. The first kappa shape index (κ1) is 26.7. The zero-order chi connectivity index (χ0) is 26.7. The van der Waals surface area contributed by atoms with Gasteiger partial charge in [-0.2, -0.15) is 5.26 Å². The van der Waals surface area contributed by atoms with Gasteiger partial charge in [-0.1, -0.05) is 36.1 Å². The van der Waals surface area contributed by atoms with Crippen molar-refractivity contribution in [3.05, 3.63) is 67.6 Å². The van der Waals surface area contributed by atoms with Gasteiger partial charge in [0.05, 0.1) is 23.1 Å². The summed E-state index contributed by atoms with van der Waals surface area (Å²) in [5.41, 5.74) is -0.131. The van der Waals surface area contributed by atoms with E-state index in [1.165, 1.54) is 24.0 Å². The number of amides is 1. The fourth-order valence-electron chi connectivity index (χ4n) is 4.37. The Bertz CT molecular complexity index is 1390. The first-order valence-electron chi connectivity index (χ1n) is 11.7. The molecule has 0 bridgehead atoms. The Hall–Kier alpha value is -3.33. The zero-order valence-electron chi connectivity index (χ0n) is 20.0. The number of Topliss-reactive ketones (excluding diaryl/α,β-unsaturated/α-hetero) is 1. The molecule has 2 aliphatic rings. The van der Waals surface area contributed by atoms with Crippen molar-refractivity contribution in [1.82, 2.24) is 9.47 Å². The molecule has 0 spiro atoms. The minimum absolute atomic E-state index is 0.0362. The number of aromatic nitrogens is 1. The molecule has 4 rings (SSSR count). The molecule has 2 aromatic rings. The summed E-state index contributed by atoms with van der Waals surface area (Å²) in [6.07, 6.45) is 3.11. The second-order valence-electron chi connectivity index (χ2n) is 8.77. The van der Waals surface area contributed by atoms with E-state index in [4.69, 9.17) is 17.0 Å². The molecule has 37 heavy (non-hydrogen) atoms. The maximum absolute atomic E-state index is 13.1. The predicted octanol–water partition coefficient (Wildman–Crippen LogP) is 3.92. The maximum Gasteiger partial charge on any atom is 0.271 e. The van der Waals surface area contributed by atoms with Crippen molar-refractivity contribution >= 4 is 46.1 Å². The highest BCUT2D eigenvalue weighted by Gasteiger charge is 2.32. The number of pyridine rings is 1. The number of thioether (sulfide) groups is 1. The Morgan fingerprint density at radius 1 is 1.35 bits per heavy atom. The van der Waals surface area contributed by atoms with Crippen LogP contribution >= 0.6 is 24.0 Å². The van der Waals surface area contributed by atoms with Crippen molar-refractivity contribution in [2.24, 2.45) is 0 Å². The number of hydrogen-bond donors (Lipinski definition) is 1. The van der Waals surface area contributed by atoms with Crippen LogP contribution in [-0.2, 0) is 16.1 Å². The smallest absolute Gasteiger partial charge is 0.271 e. The first-order chi connectivity index (χ1) is 17.7.